The van der Waals surface area contributed by atoms with Gasteiger partial charge >= 0.3 is 17.1 Å². The molecule has 0 heterocycles. The largest absolute Gasteiger partial charge is 4.00 e. The van der Waals surface area contributed by atoms with Crippen molar-refractivity contribution < 1.29 is 17.1 Å². The maximum absolute atomic E-state index is 3.25. The van der Waals surface area contributed by atoms with Crippen LogP contribution in [0.1, 0.15) is 26.7 Å². The SMILES string of the molecule is [C-]1=CC=CC1.[C-]1=CC=CC1.[CH2-]C.[CH2-]C.[Fe+4]. The first kappa shape index (κ1) is 20.0. The Bertz CT molecular complexity index is 144. The van der Waals surface area contributed by atoms with Gasteiger partial charge in [-0.25, -0.2) is 24.3 Å². The molecule has 0 aromatic rings. The Labute approximate surface area is 106 Å². The molecule has 2 aliphatic rings. The van der Waals surface area contributed by atoms with E-state index in [0.717, 1.165) is 12.8 Å². The summed E-state index contributed by atoms with van der Waals surface area (Å²) in [4.78, 5) is 0. The predicted octanol–water partition coefficient (Wildman–Crippen LogP) is 4.29. The zero-order valence-corrected chi connectivity index (χ0v) is 10.8. The minimum absolute atomic E-state index is 0. The minimum Gasteiger partial charge on any atom is -0.346 e. The molecule has 0 atom stereocenters. The van der Waals surface area contributed by atoms with Crippen molar-refractivity contribution >= 4 is 0 Å². The molecule has 2 rings (SSSR count). The van der Waals surface area contributed by atoms with E-state index in [2.05, 4.69) is 38.2 Å². The fraction of sp³-hybridized carbons (Fsp3) is 0.286. The van der Waals surface area contributed by atoms with Crippen LogP contribution in [0.25, 0.3) is 0 Å². The van der Waals surface area contributed by atoms with E-state index in [0.29, 0.717) is 0 Å². The van der Waals surface area contributed by atoms with Gasteiger partial charge in [-0.3, -0.25) is 12.2 Å². The van der Waals surface area contributed by atoms with Gasteiger partial charge in [0, 0.05) is 0 Å². The zero-order chi connectivity index (χ0) is 11.1. The zero-order valence-electron chi connectivity index (χ0n) is 9.65. The Morgan fingerprint density at radius 1 is 0.800 bits per heavy atom. The second kappa shape index (κ2) is 23.4. The molecule has 0 fully saturated rings. The average Bonchev–Trinajstić information content (AvgIpc) is 3.01. The summed E-state index contributed by atoms with van der Waals surface area (Å²) in [6, 6.07) is 0. The van der Waals surface area contributed by atoms with Gasteiger partial charge in [0.1, 0.15) is 0 Å². The van der Waals surface area contributed by atoms with Crippen molar-refractivity contribution in [3.8, 4) is 0 Å². The van der Waals surface area contributed by atoms with E-state index >= 15 is 0 Å². The first-order chi connectivity index (χ1) is 7.00. The fourth-order valence-corrected chi connectivity index (χ4v) is 0.680. The number of hydrogen-bond acceptors (Lipinski definition) is 0. The quantitative estimate of drug-likeness (QED) is 0.440. The molecule has 0 saturated heterocycles. The van der Waals surface area contributed by atoms with Gasteiger partial charge in [-0.2, -0.15) is 26.0 Å². The van der Waals surface area contributed by atoms with Crippen LogP contribution in [-0.2, 0) is 17.1 Å². The molecule has 0 nitrogen and oxygen atoms in total. The molecule has 0 amide bonds. The molecule has 0 bridgehead atoms. The van der Waals surface area contributed by atoms with Gasteiger partial charge in [-0.1, -0.05) is 0 Å². The fourth-order valence-electron chi connectivity index (χ4n) is 0.680. The van der Waals surface area contributed by atoms with E-state index in [1.54, 1.807) is 13.8 Å². The molecule has 0 spiro atoms. The molecule has 2 aliphatic carbocycles. The van der Waals surface area contributed by atoms with Crippen LogP contribution >= 0.6 is 0 Å². The maximum Gasteiger partial charge on any atom is 4.00 e. The first-order valence-electron chi connectivity index (χ1n) is 4.85. The van der Waals surface area contributed by atoms with Gasteiger partial charge in [-0.05, 0) is 0 Å². The third-order valence-electron chi connectivity index (χ3n) is 1.17. The van der Waals surface area contributed by atoms with Crippen molar-refractivity contribution in [1.29, 1.82) is 0 Å². The van der Waals surface area contributed by atoms with Gasteiger partial charge in [0.15, 0.2) is 0 Å². The number of allylic oxidation sites excluding steroid dienone is 8. The number of hydrogen-bond donors (Lipinski definition) is 0. The molecule has 84 valence electrons. The standard InChI is InChI=1S/2C5H5.2C2H5.Fe/c2*1-2-4-5-3-1;2*1-2;/h2*1-3H,4H2;2*1H2,2H3;/q4*-1;+4. The Hall–Kier alpha value is -0.521. The summed E-state index contributed by atoms with van der Waals surface area (Å²) >= 11 is 0. The topological polar surface area (TPSA) is 0 Å². The second-order valence-corrected chi connectivity index (χ2v) is 2.01. The Balaban J connectivity index is -0.000000138. The summed E-state index contributed by atoms with van der Waals surface area (Å²) in [7, 11) is 0. The third kappa shape index (κ3) is 19.8. The van der Waals surface area contributed by atoms with Crippen molar-refractivity contribution in [3.63, 3.8) is 0 Å². The summed E-state index contributed by atoms with van der Waals surface area (Å²) in [6.07, 6.45) is 20.0. The van der Waals surface area contributed by atoms with Crippen molar-refractivity contribution in [2.75, 3.05) is 0 Å². The molecular formula is C14H20Fe. The number of rotatable bonds is 0. The normalized spacial score (nSPS) is 12.5. The van der Waals surface area contributed by atoms with Gasteiger partial charge in [0.25, 0.3) is 0 Å². The molecule has 0 aromatic heterocycles. The molecule has 0 radical (unpaired) electrons. The predicted molar refractivity (Wildman–Crippen MR) is 65.2 cm³/mol. The van der Waals surface area contributed by atoms with Gasteiger partial charge < -0.3 is 13.8 Å². The van der Waals surface area contributed by atoms with Crippen LogP contribution in [0.3, 0.4) is 0 Å². The molecule has 0 saturated carbocycles. The smallest absolute Gasteiger partial charge is 0.346 e. The summed E-state index contributed by atoms with van der Waals surface area (Å²) < 4.78 is 0. The van der Waals surface area contributed by atoms with Gasteiger partial charge in [-0.15, -0.1) is 12.8 Å². The Morgan fingerprint density at radius 2 is 1.13 bits per heavy atom. The Morgan fingerprint density at radius 3 is 1.20 bits per heavy atom. The van der Waals surface area contributed by atoms with Crippen molar-refractivity contribution in [2.45, 2.75) is 26.7 Å². The summed E-state index contributed by atoms with van der Waals surface area (Å²) in [5, 5.41) is 0. The molecule has 0 N–H and O–H groups in total. The molecule has 0 aromatic carbocycles. The second-order valence-electron chi connectivity index (χ2n) is 2.01. The van der Waals surface area contributed by atoms with Crippen LogP contribution in [-0.4, -0.2) is 0 Å². The van der Waals surface area contributed by atoms with Gasteiger partial charge in [0.05, 0.1) is 0 Å². The van der Waals surface area contributed by atoms with Crippen molar-refractivity contribution in [1.82, 2.24) is 0 Å². The van der Waals surface area contributed by atoms with Crippen LogP contribution in [0, 0.1) is 26.0 Å². The van der Waals surface area contributed by atoms with Crippen LogP contribution < -0.4 is 0 Å². The summed E-state index contributed by atoms with van der Waals surface area (Å²) in [5.74, 6) is 0. The van der Waals surface area contributed by atoms with Gasteiger partial charge in [0.2, 0.25) is 0 Å². The van der Waals surface area contributed by atoms with E-state index in [1.165, 1.54) is 0 Å². The molecule has 15 heavy (non-hydrogen) atoms. The van der Waals surface area contributed by atoms with Crippen LogP contribution in [0.5, 0.6) is 0 Å². The van der Waals surface area contributed by atoms with Crippen molar-refractivity contribution in [3.05, 3.63) is 62.5 Å². The van der Waals surface area contributed by atoms with E-state index in [1.807, 2.05) is 24.3 Å². The summed E-state index contributed by atoms with van der Waals surface area (Å²) in [6.45, 7) is 10.0. The molecule has 0 unspecified atom stereocenters. The maximum atomic E-state index is 3.25. The molecule has 1 heteroatoms. The minimum atomic E-state index is 0. The van der Waals surface area contributed by atoms with E-state index in [9.17, 15) is 0 Å². The van der Waals surface area contributed by atoms with Crippen LogP contribution in [0.4, 0.5) is 0 Å². The van der Waals surface area contributed by atoms with E-state index < -0.39 is 0 Å². The monoisotopic (exact) mass is 244 g/mol. The molecular weight excluding hydrogens is 224 g/mol. The average molecular weight is 244 g/mol. The third-order valence-corrected chi connectivity index (χ3v) is 1.17. The summed E-state index contributed by atoms with van der Waals surface area (Å²) in [5.41, 5.74) is 0. The van der Waals surface area contributed by atoms with Crippen LogP contribution in [0.15, 0.2) is 36.5 Å². The van der Waals surface area contributed by atoms with E-state index in [-0.39, 0.29) is 17.1 Å². The van der Waals surface area contributed by atoms with Crippen LogP contribution in [0.2, 0.25) is 0 Å². The first-order valence-corrected chi connectivity index (χ1v) is 4.85. The van der Waals surface area contributed by atoms with Crippen molar-refractivity contribution in [2.24, 2.45) is 0 Å². The Kier molecular flexibility index (Phi) is 31.1. The molecule has 0 aliphatic heterocycles. The van der Waals surface area contributed by atoms with E-state index in [4.69, 9.17) is 0 Å².